The predicted molar refractivity (Wildman–Crippen MR) is 115 cm³/mol. The fourth-order valence-electron chi connectivity index (χ4n) is 4.11. The smallest absolute Gasteiger partial charge is 0.336 e. The molecule has 5 rings (SSSR count). The quantitative estimate of drug-likeness (QED) is 0.452. The zero-order valence-electron chi connectivity index (χ0n) is 16.1. The van der Waals surface area contributed by atoms with Crippen molar-refractivity contribution in [2.45, 2.75) is 5.92 Å². The van der Waals surface area contributed by atoms with E-state index in [-0.39, 0.29) is 39.4 Å². The molecule has 0 radical (unpaired) electrons. The molecule has 0 amide bonds. The number of carbonyl (C=O) groups is 1. The third-order valence-electron chi connectivity index (χ3n) is 5.49. The van der Waals surface area contributed by atoms with Crippen LogP contribution in [0.4, 0.5) is 0 Å². The number of hydrogen-bond donors (Lipinski definition) is 3. The minimum absolute atomic E-state index is 0.0485. The van der Waals surface area contributed by atoms with Gasteiger partial charge in [-0.15, -0.1) is 0 Å². The average Bonchev–Trinajstić information content (AvgIpc) is 2.89. The number of phenolic OH excluding ortho intramolecular Hbond substituents is 2. The van der Waals surface area contributed by atoms with Crippen LogP contribution < -0.4 is 5.43 Å². The summed E-state index contributed by atoms with van der Waals surface area (Å²) in [6.07, 6.45) is 1.30. The van der Waals surface area contributed by atoms with Crippen LogP contribution in [0.1, 0.15) is 33.9 Å². The first-order chi connectivity index (χ1) is 14.9. The van der Waals surface area contributed by atoms with Crippen molar-refractivity contribution in [3.05, 3.63) is 105 Å². The van der Waals surface area contributed by atoms with Gasteiger partial charge in [0.1, 0.15) is 22.8 Å². The highest BCUT2D eigenvalue weighted by Gasteiger charge is 2.32. The number of rotatable bonds is 2. The van der Waals surface area contributed by atoms with E-state index in [0.29, 0.717) is 11.1 Å². The molecule has 4 aromatic rings. The van der Waals surface area contributed by atoms with E-state index in [2.05, 4.69) is 0 Å². The van der Waals surface area contributed by atoms with Crippen LogP contribution in [0.2, 0.25) is 0 Å². The molecule has 0 spiro atoms. The fraction of sp³-hybridized carbons (Fsp3) is 0.0400. The van der Waals surface area contributed by atoms with E-state index in [4.69, 9.17) is 4.42 Å². The second-order valence-electron chi connectivity index (χ2n) is 7.37. The van der Waals surface area contributed by atoms with Gasteiger partial charge in [0.2, 0.25) is 0 Å². The lowest BCUT2D eigenvalue weighted by Gasteiger charge is -2.20. The van der Waals surface area contributed by atoms with Crippen molar-refractivity contribution >= 4 is 28.6 Å². The summed E-state index contributed by atoms with van der Waals surface area (Å²) in [5.41, 5.74) is 1.50. The second-order valence-corrected chi connectivity index (χ2v) is 7.37. The van der Waals surface area contributed by atoms with Crippen molar-refractivity contribution in [2.75, 3.05) is 0 Å². The molecule has 1 aliphatic rings. The number of aliphatic carboxylic acids is 1. The van der Waals surface area contributed by atoms with Crippen molar-refractivity contribution < 1.29 is 24.5 Å². The van der Waals surface area contributed by atoms with E-state index in [9.17, 15) is 24.9 Å². The maximum atomic E-state index is 13.4. The molecule has 152 valence electrons. The summed E-state index contributed by atoms with van der Waals surface area (Å²) < 4.78 is 6.15. The van der Waals surface area contributed by atoms with Crippen LogP contribution in [0.15, 0.2) is 75.9 Å². The maximum Gasteiger partial charge on any atom is 0.336 e. The predicted octanol–water partition coefficient (Wildman–Crippen LogP) is 4.32. The normalized spacial score (nSPS) is 15.0. The number of carboxylic acids is 1. The lowest BCUT2D eigenvalue weighted by molar-refractivity contribution is -0.130. The fourth-order valence-corrected chi connectivity index (χ4v) is 4.11. The van der Waals surface area contributed by atoms with Crippen molar-refractivity contribution in [2.24, 2.45) is 0 Å². The summed E-state index contributed by atoms with van der Waals surface area (Å²) in [7, 11) is 0. The summed E-state index contributed by atoms with van der Waals surface area (Å²) in [5.74, 6) is -1.68. The second kappa shape index (κ2) is 6.88. The van der Waals surface area contributed by atoms with Crippen LogP contribution in [-0.4, -0.2) is 21.3 Å². The van der Waals surface area contributed by atoms with Crippen LogP contribution in [0.5, 0.6) is 11.5 Å². The molecule has 6 nitrogen and oxygen atoms in total. The summed E-state index contributed by atoms with van der Waals surface area (Å²) in [5, 5.41) is 30.1. The van der Waals surface area contributed by atoms with Crippen LogP contribution >= 0.6 is 0 Å². The molecule has 3 aromatic carbocycles. The zero-order chi connectivity index (χ0) is 21.7. The van der Waals surface area contributed by atoms with E-state index >= 15 is 0 Å². The summed E-state index contributed by atoms with van der Waals surface area (Å²) in [6, 6.07) is 18.0. The first-order valence-corrected chi connectivity index (χ1v) is 9.57. The van der Waals surface area contributed by atoms with Crippen molar-refractivity contribution in [3.63, 3.8) is 0 Å². The molecule has 1 aliphatic carbocycles. The van der Waals surface area contributed by atoms with Gasteiger partial charge >= 0.3 is 5.97 Å². The van der Waals surface area contributed by atoms with E-state index in [1.54, 1.807) is 6.07 Å². The zero-order valence-corrected chi connectivity index (χ0v) is 16.1. The van der Waals surface area contributed by atoms with Gasteiger partial charge < -0.3 is 19.7 Å². The molecule has 0 saturated carbocycles. The molecule has 0 saturated heterocycles. The first kappa shape index (κ1) is 18.7. The first-order valence-electron chi connectivity index (χ1n) is 9.57. The monoisotopic (exact) mass is 412 g/mol. The lowest BCUT2D eigenvalue weighted by atomic mass is 9.85. The minimum Gasteiger partial charge on any atom is -0.508 e. The van der Waals surface area contributed by atoms with Gasteiger partial charge in [0.25, 0.3) is 0 Å². The molecule has 1 unspecified atom stereocenters. The third-order valence-corrected chi connectivity index (χ3v) is 5.49. The number of phenols is 2. The summed E-state index contributed by atoms with van der Waals surface area (Å²) in [6.45, 7) is 0. The molecular formula is C25H16O6. The highest BCUT2D eigenvalue weighted by molar-refractivity contribution is 6.21. The Balaban J connectivity index is 1.97. The molecule has 0 aliphatic heterocycles. The standard InChI is InChI=1S/C25H16O6/c26-14-6-8-16-18(10-14)19(25(29)30)12-20-23(28)17-9-7-15(27)11-21(17)31-24(20)22(16)13-4-2-1-3-5-13/h1-12,22,26-27H,(H,29,30). The summed E-state index contributed by atoms with van der Waals surface area (Å²) >= 11 is 0. The Morgan fingerprint density at radius 2 is 1.61 bits per heavy atom. The molecule has 6 heteroatoms. The Kier molecular flexibility index (Phi) is 4.15. The van der Waals surface area contributed by atoms with E-state index < -0.39 is 17.3 Å². The van der Waals surface area contributed by atoms with E-state index in [1.807, 2.05) is 30.3 Å². The lowest BCUT2D eigenvalue weighted by Crippen LogP contribution is -2.13. The van der Waals surface area contributed by atoms with Crippen molar-refractivity contribution in [3.8, 4) is 11.5 Å². The molecule has 31 heavy (non-hydrogen) atoms. The Morgan fingerprint density at radius 1 is 0.903 bits per heavy atom. The highest BCUT2D eigenvalue weighted by atomic mass is 16.4. The van der Waals surface area contributed by atoms with Crippen LogP contribution in [0, 0.1) is 0 Å². The van der Waals surface area contributed by atoms with Gasteiger partial charge in [0.05, 0.1) is 22.4 Å². The van der Waals surface area contributed by atoms with Crippen molar-refractivity contribution in [1.29, 1.82) is 0 Å². The number of hydrogen-bond acceptors (Lipinski definition) is 5. The Labute approximate surface area is 176 Å². The van der Waals surface area contributed by atoms with Gasteiger partial charge in [0.15, 0.2) is 5.43 Å². The Morgan fingerprint density at radius 3 is 2.35 bits per heavy atom. The number of aromatic hydroxyl groups is 2. The van der Waals surface area contributed by atoms with Gasteiger partial charge in [-0.05, 0) is 47.0 Å². The molecule has 3 N–H and O–H groups in total. The van der Waals surface area contributed by atoms with Gasteiger partial charge in [0, 0.05) is 6.07 Å². The molecule has 0 fully saturated rings. The summed E-state index contributed by atoms with van der Waals surface area (Å²) in [4.78, 5) is 25.5. The largest absolute Gasteiger partial charge is 0.508 e. The molecule has 1 aromatic heterocycles. The van der Waals surface area contributed by atoms with Crippen molar-refractivity contribution in [1.82, 2.24) is 0 Å². The average molecular weight is 412 g/mol. The molecule has 1 heterocycles. The Hall–Kier alpha value is -4.32. The maximum absolute atomic E-state index is 13.4. The van der Waals surface area contributed by atoms with Gasteiger partial charge in [-0.3, -0.25) is 4.79 Å². The van der Waals surface area contributed by atoms with Crippen LogP contribution in [0.3, 0.4) is 0 Å². The minimum atomic E-state index is -1.23. The van der Waals surface area contributed by atoms with Gasteiger partial charge in [-0.25, -0.2) is 4.79 Å². The molecule has 1 atom stereocenters. The number of benzene rings is 3. The van der Waals surface area contributed by atoms with Gasteiger partial charge in [-0.2, -0.15) is 0 Å². The SMILES string of the molecule is O=C(O)C1=Cc2c(oc3cc(O)ccc3c2=O)C(c2ccccc2)c2ccc(O)cc21. The topological polar surface area (TPSA) is 108 Å². The van der Waals surface area contributed by atoms with Crippen LogP contribution in [0.25, 0.3) is 22.6 Å². The third kappa shape index (κ3) is 2.97. The number of carboxylic acid groups (broad SMARTS) is 1. The number of fused-ring (bicyclic) bond motifs is 3. The molecular weight excluding hydrogens is 396 g/mol. The van der Waals surface area contributed by atoms with Crippen LogP contribution in [-0.2, 0) is 4.79 Å². The van der Waals surface area contributed by atoms with E-state index in [1.165, 1.54) is 36.4 Å². The Bertz CT molecular complexity index is 1450. The molecule has 0 bridgehead atoms. The van der Waals surface area contributed by atoms with E-state index in [0.717, 1.165) is 5.56 Å². The highest BCUT2D eigenvalue weighted by Crippen LogP contribution is 2.43. The van der Waals surface area contributed by atoms with Gasteiger partial charge in [-0.1, -0.05) is 36.4 Å².